The van der Waals surface area contributed by atoms with Crippen molar-refractivity contribution in [2.75, 3.05) is 6.54 Å². The summed E-state index contributed by atoms with van der Waals surface area (Å²) >= 11 is 0. The number of rotatable bonds is 8. The Kier molecular flexibility index (Phi) is 6.74. The second-order valence-corrected chi connectivity index (χ2v) is 6.04. The summed E-state index contributed by atoms with van der Waals surface area (Å²) in [5.41, 5.74) is 1.77. The summed E-state index contributed by atoms with van der Waals surface area (Å²) in [4.78, 5) is 28.1. The molecular weight excluding hydrogens is 318 g/mol. The quantitative estimate of drug-likeness (QED) is 0.454. The number of esters is 1. The second-order valence-electron chi connectivity index (χ2n) is 6.04. The van der Waals surface area contributed by atoms with E-state index in [2.05, 4.69) is 10.3 Å². The van der Waals surface area contributed by atoms with Crippen LogP contribution in [0.4, 0.5) is 0 Å². The van der Waals surface area contributed by atoms with Gasteiger partial charge in [0.05, 0.1) is 17.1 Å². The molecule has 2 rings (SSSR count). The van der Waals surface area contributed by atoms with Gasteiger partial charge in [-0.2, -0.15) is 0 Å². The lowest BCUT2D eigenvalue weighted by Crippen LogP contribution is -2.23. The number of aromatic nitrogens is 2. The van der Waals surface area contributed by atoms with E-state index < -0.39 is 0 Å². The second kappa shape index (κ2) is 9.01. The monoisotopic (exact) mass is 343 g/mol. The molecule has 0 saturated heterocycles. The third-order valence-electron chi connectivity index (χ3n) is 3.58. The Balaban J connectivity index is 2.08. The molecule has 2 aromatic rings. The Morgan fingerprint density at radius 3 is 2.80 bits per heavy atom. The van der Waals surface area contributed by atoms with Gasteiger partial charge in [0.1, 0.15) is 12.4 Å². The average molecular weight is 343 g/mol. The van der Waals surface area contributed by atoms with Gasteiger partial charge in [0.15, 0.2) is 0 Å². The van der Waals surface area contributed by atoms with Gasteiger partial charge >= 0.3 is 5.97 Å². The molecule has 1 aromatic carbocycles. The standard InChI is InChI=1S/C19H25N3O3/c1-4-8-18(23)20-12-7-11-17-21-15-9-5-6-10-16(15)22(17)13-19(24)25-14(2)3/h4-6,8-10,14H,7,11-13H2,1-3H3,(H,20,23)/b8-4-. The lowest BCUT2D eigenvalue weighted by atomic mass is 10.3. The van der Waals surface area contributed by atoms with E-state index in [4.69, 9.17) is 4.74 Å². The number of carbonyl (C=O) groups is 2. The summed E-state index contributed by atoms with van der Waals surface area (Å²) in [6, 6.07) is 7.72. The van der Waals surface area contributed by atoms with Gasteiger partial charge in [0, 0.05) is 13.0 Å². The molecule has 0 fully saturated rings. The number of hydrogen-bond donors (Lipinski definition) is 1. The molecule has 1 amide bonds. The highest BCUT2D eigenvalue weighted by Crippen LogP contribution is 2.17. The summed E-state index contributed by atoms with van der Waals surface area (Å²) in [5.74, 6) is 0.444. The van der Waals surface area contributed by atoms with E-state index in [-0.39, 0.29) is 24.5 Å². The van der Waals surface area contributed by atoms with Crippen molar-refractivity contribution in [3.05, 3.63) is 42.2 Å². The molecule has 6 heteroatoms. The minimum atomic E-state index is -0.277. The smallest absolute Gasteiger partial charge is 0.326 e. The first kappa shape index (κ1) is 18.7. The zero-order chi connectivity index (χ0) is 18.2. The van der Waals surface area contributed by atoms with Crippen molar-refractivity contribution in [2.45, 2.75) is 46.3 Å². The molecule has 25 heavy (non-hydrogen) atoms. The lowest BCUT2D eigenvalue weighted by Gasteiger charge is -2.11. The van der Waals surface area contributed by atoms with Crippen LogP contribution in [0.15, 0.2) is 36.4 Å². The maximum atomic E-state index is 12.1. The highest BCUT2D eigenvalue weighted by molar-refractivity contribution is 5.87. The van der Waals surface area contributed by atoms with Gasteiger partial charge in [-0.05, 0) is 45.4 Å². The van der Waals surface area contributed by atoms with E-state index in [1.165, 1.54) is 6.08 Å². The number of imidazole rings is 1. The van der Waals surface area contributed by atoms with Gasteiger partial charge in [0.2, 0.25) is 5.91 Å². The molecule has 1 aromatic heterocycles. The molecule has 0 unspecified atom stereocenters. The van der Waals surface area contributed by atoms with E-state index in [9.17, 15) is 9.59 Å². The largest absolute Gasteiger partial charge is 0.462 e. The average Bonchev–Trinajstić information content (AvgIpc) is 2.89. The minimum absolute atomic E-state index is 0.100. The van der Waals surface area contributed by atoms with Crippen LogP contribution >= 0.6 is 0 Å². The first-order valence-electron chi connectivity index (χ1n) is 8.55. The molecular formula is C19H25N3O3. The number of amides is 1. The number of fused-ring (bicyclic) bond motifs is 1. The fourth-order valence-corrected chi connectivity index (χ4v) is 2.59. The van der Waals surface area contributed by atoms with Crippen molar-refractivity contribution < 1.29 is 14.3 Å². The Bertz CT molecular complexity index is 762. The lowest BCUT2D eigenvalue weighted by molar-refractivity contribution is -0.148. The van der Waals surface area contributed by atoms with Crippen molar-refractivity contribution in [1.82, 2.24) is 14.9 Å². The number of nitrogens with zero attached hydrogens (tertiary/aromatic N) is 2. The van der Waals surface area contributed by atoms with Crippen molar-refractivity contribution >= 4 is 22.9 Å². The number of carbonyl (C=O) groups excluding carboxylic acids is 2. The van der Waals surface area contributed by atoms with E-state index in [0.29, 0.717) is 13.0 Å². The van der Waals surface area contributed by atoms with Gasteiger partial charge in [-0.15, -0.1) is 0 Å². The van der Waals surface area contributed by atoms with E-state index in [1.54, 1.807) is 13.0 Å². The topological polar surface area (TPSA) is 73.2 Å². The van der Waals surface area contributed by atoms with Crippen LogP contribution in [-0.2, 0) is 27.3 Å². The summed E-state index contributed by atoms with van der Waals surface area (Å²) < 4.78 is 7.16. The molecule has 0 aliphatic heterocycles. The van der Waals surface area contributed by atoms with Gasteiger partial charge in [-0.1, -0.05) is 18.2 Å². The Morgan fingerprint density at radius 2 is 2.08 bits per heavy atom. The van der Waals surface area contributed by atoms with E-state index in [0.717, 1.165) is 23.3 Å². The molecule has 0 radical (unpaired) electrons. The van der Waals surface area contributed by atoms with Crippen LogP contribution < -0.4 is 5.32 Å². The molecule has 0 aliphatic carbocycles. The number of nitrogens with one attached hydrogen (secondary N) is 1. The van der Waals surface area contributed by atoms with Crippen molar-refractivity contribution in [1.29, 1.82) is 0 Å². The maximum Gasteiger partial charge on any atom is 0.326 e. The molecule has 0 saturated carbocycles. The Hall–Kier alpha value is -2.63. The van der Waals surface area contributed by atoms with Gasteiger partial charge in [-0.3, -0.25) is 9.59 Å². The number of aryl methyl sites for hydroxylation is 1. The van der Waals surface area contributed by atoms with E-state index in [1.807, 2.05) is 42.7 Å². The van der Waals surface area contributed by atoms with Crippen LogP contribution in [0, 0.1) is 0 Å². The molecule has 6 nitrogen and oxygen atoms in total. The number of ether oxygens (including phenoxy) is 1. The maximum absolute atomic E-state index is 12.1. The fraction of sp³-hybridized carbons (Fsp3) is 0.421. The van der Waals surface area contributed by atoms with Gasteiger partial charge in [0.25, 0.3) is 0 Å². The van der Waals surface area contributed by atoms with Crippen LogP contribution in [0.3, 0.4) is 0 Å². The van der Waals surface area contributed by atoms with Crippen molar-refractivity contribution in [3.63, 3.8) is 0 Å². The predicted octanol–water partition coefficient (Wildman–Crippen LogP) is 2.61. The molecule has 0 bridgehead atoms. The Labute approximate surface area is 147 Å². The van der Waals surface area contributed by atoms with Gasteiger partial charge in [-0.25, -0.2) is 4.98 Å². The molecule has 0 atom stereocenters. The summed E-state index contributed by atoms with van der Waals surface area (Å²) in [7, 11) is 0. The normalized spacial score (nSPS) is 11.4. The number of para-hydroxylation sites is 2. The summed E-state index contributed by atoms with van der Waals surface area (Å²) in [5, 5.41) is 2.82. The Morgan fingerprint density at radius 1 is 1.32 bits per heavy atom. The molecule has 0 spiro atoms. The highest BCUT2D eigenvalue weighted by atomic mass is 16.5. The fourth-order valence-electron chi connectivity index (χ4n) is 2.59. The molecule has 0 aliphatic rings. The van der Waals surface area contributed by atoms with Crippen LogP contribution in [-0.4, -0.2) is 34.1 Å². The van der Waals surface area contributed by atoms with Gasteiger partial charge < -0.3 is 14.6 Å². The number of allylic oxidation sites excluding steroid dienone is 1. The molecule has 1 heterocycles. The number of hydrogen-bond acceptors (Lipinski definition) is 4. The highest BCUT2D eigenvalue weighted by Gasteiger charge is 2.15. The van der Waals surface area contributed by atoms with Crippen molar-refractivity contribution in [2.24, 2.45) is 0 Å². The SMILES string of the molecule is C/C=C\C(=O)NCCCc1nc2ccccc2n1CC(=O)OC(C)C. The minimum Gasteiger partial charge on any atom is -0.462 e. The zero-order valence-corrected chi connectivity index (χ0v) is 15.0. The summed E-state index contributed by atoms with van der Waals surface area (Å²) in [6.45, 7) is 6.16. The molecule has 1 N–H and O–H groups in total. The third-order valence-corrected chi connectivity index (χ3v) is 3.58. The van der Waals surface area contributed by atoms with Crippen LogP contribution in [0.25, 0.3) is 11.0 Å². The predicted molar refractivity (Wildman–Crippen MR) is 97.1 cm³/mol. The zero-order valence-electron chi connectivity index (χ0n) is 15.0. The third kappa shape index (κ3) is 5.45. The molecule has 134 valence electrons. The first-order valence-corrected chi connectivity index (χ1v) is 8.55. The van der Waals surface area contributed by atoms with Crippen LogP contribution in [0.2, 0.25) is 0 Å². The van der Waals surface area contributed by atoms with Crippen molar-refractivity contribution in [3.8, 4) is 0 Å². The number of benzene rings is 1. The van der Waals surface area contributed by atoms with Crippen LogP contribution in [0.1, 0.15) is 33.0 Å². The first-order chi connectivity index (χ1) is 12.0. The van der Waals surface area contributed by atoms with E-state index >= 15 is 0 Å². The summed E-state index contributed by atoms with van der Waals surface area (Å²) in [6.07, 6.45) is 4.46. The van der Waals surface area contributed by atoms with Crippen LogP contribution in [0.5, 0.6) is 0 Å².